The Morgan fingerprint density at radius 1 is 1.18 bits per heavy atom. The molecule has 1 aliphatic rings. The molecule has 8 heteroatoms. The van der Waals surface area contributed by atoms with Gasteiger partial charge in [0.2, 0.25) is 15.9 Å². The Morgan fingerprint density at radius 3 is 2.27 bits per heavy atom. The minimum atomic E-state index is -3.85. The second-order valence-electron chi connectivity index (χ2n) is 5.43. The number of hydrogen-bond acceptors (Lipinski definition) is 4. The van der Waals surface area contributed by atoms with Gasteiger partial charge in [0.1, 0.15) is 5.82 Å². The molecule has 0 unspecified atom stereocenters. The van der Waals surface area contributed by atoms with Crippen LogP contribution in [0, 0.1) is 5.82 Å². The maximum absolute atomic E-state index is 12.9. The van der Waals surface area contributed by atoms with Crippen molar-refractivity contribution < 1.29 is 17.6 Å². The lowest BCUT2D eigenvalue weighted by Gasteiger charge is -2.34. The summed E-state index contributed by atoms with van der Waals surface area (Å²) in [4.78, 5) is 16.0. The molecule has 1 fully saturated rings. The molecule has 0 saturated carbocycles. The van der Waals surface area contributed by atoms with Crippen LogP contribution in [0.3, 0.4) is 0 Å². The molecule has 1 aromatic carbocycles. The number of sulfonamides is 1. The number of piperazine rings is 1. The molecule has 0 radical (unpaired) electrons. The van der Waals surface area contributed by atoms with Crippen LogP contribution in [0.5, 0.6) is 0 Å². The maximum atomic E-state index is 12.9. The molecule has 0 aromatic heterocycles. The molecule has 6 nitrogen and oxygen atoms in total. The first kappa shape index (κ1) is 16.9. The van der Waals surface area contributed by atoms with Crippen molar-refractivity contribution in [3.05, 3.63) is 30.1 Å². The SMILES string of the molecule is C[C@@H](NS(=O)(=O)c1ccc(F)cc1)C(=O)N1CCN(C)CC1. The first-order chi connectivity index (χ1) is 10.3. The van der Waals surface area contributed by atoms with E-state index in [9.17, 15) is 17.6 Å². The van der Waals surface area contributed by atoms with E-state index < -0.39 is 21.9 Å². The predicted octanol–water partition coefficient (Wildman–Crippen LogP) is 0.267. The Bertz CT molecular complexity index is 625. The Hall–Kier alpha value is -1.51. The summed E-state index contributed by atoms with van der Waals surface area (Å²) in [5, 5.41) is 0. The van der Waals surface area contributed by atoms with E-state index in [1.807, 2.05) is 7.05 Å². The van der Waals surface area contributed by atoms with E-state index in [1.54, 1.807) is 4.90 Å². The van der Waals surface area contributed by atoms with Crippen molar-refractivity contribution in [2.75, 3.05) is 33.2 Å². The molecule has 22 heavy (non-hydrogen) atoms. The standard InChI is InChI=1S/C14H20FN3O3S/c1-11(14(19)18-9-7-17(2)8-10-18)16-22(20,21)13-5-3-12(15)4-6-13/h3-6,11,16H,7-10H2,1-2H3/t11-/m1/s1. The fourth-order valence-corrected chi connectivity index (χ4v) is 3.46. The first-order valence-electron chi connectivity index (χ1n) is 7.05. The number of benzene rings is 1. The molecular formula is C14H20FN3O3S. The second kappa shape index (κ2) is 6.72. The van der Waals surface area contributed by atoms with E-state index in [2.05, 4.69) is 9.62 Å². The van der Waals surface area contributed by atoms with E-state index in [4.69, 9.17) is 0 Å². The van der Waals surface area contributed by atoms with Gasteiger partial charge in [-0.1, -0.05) is 0 Å². The fraction of sp³-hybridized carbons (Fsp3) is 0.500. The average Bonchev–Trinajstić information content (AvgIpc) is 2.47. The third-order valence-electron chi connectivity index (χ3n) is 3.64. The van der Waals surface area contributed by atoms with Crippen LogP contribution in [0.15, 0.2) is 29.2 Å². The molecule has 0 spiro atoms. The van der Waals surface area contributed by atoms with Crippen LogP contribution in [-0.2, 0) is 14.8 Å². The minimum Gasteiger partial charge on any atom is -0.339 e. The number of carbonyl (C=O) groups excluding carboxylic acids is 1. The Balaban J connectivity index is 2.02. The van der Waals surface area contributed by atoms with Gasteiger partial charge in [-0.15, -0.1) is 0 Å². The van der Waals surface area contributed by atoms with E-state index in [0.717, 1.165) is 25.2 Å². The summed E-state index contributed by atoms with van der Waals surface area (Å²) in [6, 6.07) is 3.62. The zero-order chi connectivity index (χ0) is 16.3. The molecule has 2 rings (SSSR count). The second-order valence-corrected chi connectivity index (χ2v) is 7.14. The molecular weight excluding hydrogens is 309 g/mol. The van der Waals surface area contributed by atoms with E-state index >= 15 is 0 Å². The summed E-state index contributed by atoms with van der Waals surface area (Å²) in [6.07, 6.45) is 0. The van der Waals surface area contributed by atoms with Gasteiger partial charge in [-0.25, -0.2) is 12.8 Å². The first-order valence-corrected chi connectivity index (χ1v) is 8.53. The number of nitrogens with zero attached hydrogens (tertiary/aromatic N) is 2. The maximum Gasteiger partial charge on any atom is 0.241 e. The van der Waals surface area contributed by atoms with Gasteiger partial charge in [0.05, 0.1) is 10.9 Å². The highest BCUT2D eigenvalue weighted by Gasteiger charge is 2.27. The number of rotatable bonds is 4. The predicted molar refractivity (Wildman–Crippen MR) is 80.3 cm³/mol. The van der Waals surface area contributed by atoms with E-state index in [1.165, 1.54) is 19.1 Å². The lowest BCUT2D eigenvalue weighted by Crippen LogP contribution is -2.53. The monoisotopic (exact) mass is 329 g/mol. The van der Waals surface area contributed by atoms with Crippen LogP contribution >= 0.6 is 0 Å². The number of nitrogens with one attached hydrogen (secondary N) is 1. The van der Waals surface area contributed by atoms with Gasteiger partial charge < -0.3 is 9.80 Å². The summed E-state index contributed by atoms with van der Waals surface area (Å²) in [6.45, 7) is 4.21. The van der Waals surface area contributed by atoms with Crippen molar-refractivity contribution in [2.24, 2.45) is 0 Å². The molecule has 1 saturated heterocycles. The number of halogens is 1. The van der Waals surface area contributed by atoms with Crippen molar-refractivity contribution >= 4 is 15.9 Å². The summed E-state index contributed by atoms with van der Waals surface area (Å²) >= 11 is 0. The van der Waals surface area contributed by atoms with Gasteiger partial charge in [-0.2, -0.15) is 4.72 Å². The molecule has 1 heterocycles. The molecule has 1 aliphatic heterocycles. The molecule has 1 aromatic rings. The van der Waals surface area contributed by atoms with Gasteiger partial charge >= 0.3 is 0 Å². The van der Waals surface area contributed by atoms with Crippen LogP contribution in [0.2, 0.25) is 0 Å². The zero-order valence-electron chi connectivity index (χ0n) is 12.6. The fourth-order valence-electron chi connectivity index (χ4n) is 2.27. The topological polar surface area (TPSA) is 69.7 Å². The third kappa shape index (κ3) is 4.02. The summed E-state index contributed by atoms with van der Waals surface area (Å²) in [7, 11) is -1.87. The Kier molecular flexibility index (Phi) is 5.15. The Morgan fingerprint density at radius 2 is 1.73 bits per heavy atom. The van der Waals surface area contributed by atoms with Gasteiger partial charge in [-0.05, 0) is 38.2 Å². The molecule has 1 amide bonds. The quantitative estimate of drug-likeness (QED) is 0.861. The number of amides is 1. The molecule has 1 N–H and O–H groups in total. The zero-order valence-corrected chi connectivity index (χ0v) is 13.4. The van der Waals surface area contributed by atoms with Crippen LogP contribution < -0.4 is 4.72 Å². The molecule has 1 atom stereocenters. The highest BCUT2D eigenvalue weighted by molar-refractivity contribution is 7.89. The highest BCUT2D eigenvalue weighted by atomic mass is 32.2. The lowest BCUT2D eigenvalue weighted by atomic mass is 10.2. The van der Waals surface area contributed by atoms with E-state index in [-0.39, 0.29) is 10.8 Å². The van der Waals surface area contributed by atoms with Gasteiger partial charge in [0.15, 0.2) is 0 Å². The number of hydrogen-bond donors (Lipinski definition) is 1. The van der Waals surface area contributed by atoms with Crippen LogP contribution in [0.25, 0.3) is 0 Å². The smallest absolute Gasteiger partial charge is 0.241 e. The molecule has 0 bridgehead atoms. The van der Waals surface area contributed by atoms with Crippen molar-refractivity contribution in [2.45, 2.75) is 17.9 Å². The van der Waals surface area contributed by atoms with E-state index in [0.29, 0.717) is 13.1 Å². The van der Waals surface area contributed by atoms with Gasteiger partial charge in [0.25, 0.3) is 0 Å². The van der Waals surface area contributed by atoms with Crippen molar-refractivity contribution in [1.82, 2.24) is 14.5 Å². The average molecular weight is 329 g/mol. The summed E-state index contributed by atoms with van der Waals surface area (Å²) in [5.74, 6) is -0.765. The lowest BCUT2D eigenvalue weighted by molar-refractivity contribution is -0.134. The molecule has 122 valence electrons. The Labute approximate surface area is 130 Å². The van der Waals surface area contributed by atoms with Crippen molar-refractivity contribution in [1.29, 1.82) is 0 Å². The number of likely N-dealkylation sites (N-methyl/N-ethyl adjacent to an activating group) is 1. The van der Waals surface area contributed by atoms with Gasteiger partial charge in [-0.3, -0.25) is 4.79 Å². The third-order valence-corrected chi connectivity index (χ3v) is 5.20. The van der Waals surface area contributed by atoms with Crippen LogP contribution in [0.1, 0.15) is 6.92 Å². The summed E-state index contributed by atoms with van der Waals surface area (Å²) in [5.41, 5.74) is 0. The van der Waals surface area contributed by atoms with Crippen LogP contribution in [0.4, 0.5) is 4.39 Å². The number of carbonyl (C=O) groups is 1. The minimum absolute atomic E-state index is 0.0630. The van der Waals surface area contributed by atoms with Gasteiger partial charge in [0, 0.05) is 26.2 Å². The van der Waals surface area contributed by atoms with Crippen molar-refractivity contribution in [3.63, 3.8) is 0 Å². The highest BCUT2D eigenvalue weighted by Crippen LogP contribution is 2.11. The largest absolute Gasteiger partial charge is 0.339 e. The normalized spacial score (nSPS) is 18.2. The molecule has 0 aliphatic carbocycles. The van der Waals surface area contributed by atoms with Crippen molar-refractivity contribution in [3.8, 4) is 0 Å². The van der Waals surface area contributed by atoms with Crippen LogP contribution in [-0.4, -0.2) is 63.4 Å². The summed E-state index contributed by atoms with van der Waals surface area (Å²) < 4.78 is 39.6.